The summed E-state index contributed by atoms with van der Waals surface area (Å²) in [5, 5.41) is 1.37. The summed E-state index contributed by atoms with van der Waals surface area (Å²) < 4.78 is 0. The molecule has 1 fully saturated rings. The zero-order valence-electron chi connectivity index (χ0n) is 12.0. The van der Waals surface area contributed by atoms with Gasteiger partial charge in [-0.25, -0.2) is 0 Å². The second-order valence-corrected chi connectivity index (χ2v) is 6.45. The SMILES string of the molecule is CN(C)C(=O)C1CC2CCC1c1[nH]c3ccccc3c12. The van der Waals surface area contributed by atoms with E-state index in [1.54, 1.807) is 4.90 Å². The minimum absolute atomic E-state index is 0.171. The monoisotopic (exact) mass is 268 g/mol. The number of H-pyrrole nitrogens is 1. The highest BCUT2D eigenvalue weighted by atomic mass is 16.2. The number of nitrogens with zero attached hydrogens (tertiary/aromatic N) is 1. The second kappa shape index (κ2) is 4.11. The van der Waals surface area contributed by atoms with E-state index in [1.807, 2.05) is 14.1 Å². The number of hydrogen-bond acceptors (Lipinski definition) is 1. The Hall–Kier alpha value is -1.77. The largest absolute Gasteiger partial charge is 0.358 e. The van der Waals surface area contributed by atoms with E-state index in [-0.39, 0.29) is 5.92 Å². The van der Waals surface area contributed by atoms with Gasteiger partial charge >= 0.3 is 0 Å². The highest BCUT2D eigenvalue weighted by molar-refractivity contribution is 5.88. The van der Waals surface area contributed by atoms with Crippen LogP contribution in [0.4, 0.5) is 0 Å². The van der Waals surface area contributed by atoms with Gasteiger partial charge in [0.1, 0.15) is 0 Å². The first-order valence-electron chi connectivity index (χ1n) is 7.48. The molecule has 1 aromatic carbocycles. The Morgan fingerprint density at radius 2 is 2.05 bits per heavy atom. The lowest BCUT2D eigenvalue weighted by Gasteiger charge is -2.42. The summed E-state index contributed by atoms with van der Waals surface area (Å²) in [6.45, 7) is 0. The van der Waals surface area contributed by atoms with Crippen LogP contribution in [0.5, 0.6) is 0 Å². The number of carbonyl (C=O) groups excluding carboxylic acids is 1. The van der Waals surface area contributed by atoms with Gasteiger partial charge in [0.25, 0.3) is 0 Å². The lowest BCUT2D eigenvalue weighted by Crippen LogP contribution is -2.40. The van der Waals surface area contributed by atoms with Gasteiger partial charge in [0.15, 0.2) is 0 Å². The molecule has 3 heteroatoms. The van der Waals surface area contributed by atoms with Gasteiger partial charge in [0.2, 0.25) is 5.91 Å². The Bertz CT molecular complexity index is 685. The van der Waals surface area contributed by atoms with E-state index in [4.69, 9.17) is 0 Å². The number of para-hydroxylation sites is 1. The van der Waals surface area contributed by atoms with Gasteiger partial charge in [-0.1, -0.05) is 18.2 Å². The molecule has 0 spiro atoms. The van der Waals surface area contributed by atoms with Crippen LogP contribution < -0.4 is 0 Å². The predicted octanol–water partition coefficient (Wildman–Crippen LogP) is 3.24. The number of aromatic amines is 1. The zero-order valence-corrected chi connectivity index (χ0v) is 12.0. The lowest BCUT2D eigenvalue weighted by molar-refractivity contribution is -0.135. The first-order valence-corrected chi connectivity index (χ1v) is 7.48. The van der Waals surface area contributed by atoms with E-state index in [1.165, 1.54) is 28.6 Å². The van der Waals surface area contributed by atoms with Crippen LogP contribution in [0.2, 0.25) is 0 Å². The minimum atomic E-state index is 0.171. The molecule has 3 aliphatic rings. The van der Waals surface area contributed by atoms with Gasteiger partial charge in [-0.05, 0) is 36.8 Å². The molecule has 104 valence electrons. The summed E-state index contributed by atoms with van der Waals surface area (Å²) in [4.78, 5) is 17.8. The molecular weight excluding hydrogens is 248 g/mol. The summed E-state index contributed by atoms with van der Waals surface area (Å²) in [6.07, 6.45) is 3.40. The van der Waals surface area contributed by atoms with Crippen LogP contribution >= 0.6 is 0 Å². The van der Waals surface area contributed by atoms with E-state index in [0.29, 0.717) is 17.7 Å². The average Bonchev–Trinajstić information content (AvgIpc) is 2.88. The molecule has 3 nitrogen and oxygen atoms in total. The van der Waals surface area contributed by atoms with E-state index >= 15 is 0 Å². The number of fused-ring (bicyclic) bond motifs is 3. The molecule has 3 aliphatic carbocycles. The van der Waals surface area contributed by atoms with Gasteiger partial charge in [0.05, 0.1) is 0 Å². The van der Waals surface area contributed by atoms with Crippen molar-refractivity contribution < 1.29 is 4.79 Å². The summed E-state index contributed by atoms with van der Waals surface area (Å²) in [6, 6.07) is 8.56. The molecule has 2 aromatic rings. The van der Waals surface area contributed by atoms with Gasteiger partial charge in [0, 0.05) is 42.5 Å². The number of nitrogens with one attached hydrogen (secondary N) is 1. The normalized spacial score (nSPS) is 27.6. The summed E-state index contributed by atoms with van der Waals surface area (Å²) in [5.74, 6) is 1.41. The highest BCUT2D eigenvalue weighted by Gasteiger charge is 2.45. The third-order valence-corrected chi connectivity index (χ3v) is 5.16. The maximum Gasteiger partial charge on any atom is 0.225 e. The number of carbonyl (C=O) groups is 1. The summed E-state index contributed by atoms with van der Waals surface area (Å²) in [5.41, 5.74) is 4.07. The summed E-state index contributed by atoms with van der Waals surface area (Å²) in [7, 11) is 3.74. The molecule has 1 heterocycles. The van der Waals surface area contributed by atoms with Gasteiger partial charge < -0.3 is 9.88 Å². The number of aromatic nitrogens is 1. The van der Waals surface area contributed by atoms with E-state index in [9.17, 15) is 4.79 Å². The van der Waals surface area contributed by atoms with Crippen molar-refractivity contribution in [3.05, 3.63) is 35.5 Å². The third-order valence-electron chi connectivity index (χ3n) is 5.16. The molecule has 20 heavy (non-hydrogen) atoms. The van der Waals surface area contributed by atoms with Gasteiger partial charge in [-0.2, -0.15) is 0 Å². The quantitative estimate of drug-likeness (QED) is 0.847. The lowest BCUT2D eigenvalue weighted by atomic mass is 9.63. The Kier molecular flexibility index (Phi) is 2.47. The summed E-state index contributed by atoms with van der Waals surface area (Å²) >= 11 is 0. The van der Waals surface area contributed by atoms with Crippen molar-refractivity contribution in [1.29, 1.82) is 0 Å². The molecule has 3 unspecified atom stereocenters. The van der Waals surface area contributed by atoms with Crippen LogP contribution in [-0.4, -0.2) is 29.9 Å². The first kappa shape index (κ1) is 12.0. The Morgan fingerprint density at radius 3 is 2.85 bits per heavy atom. The minimum Gasteiger partial charge on any atom is -0.358 e. The molecule has 2 bridgehead atoms. The second-order valence-electron chi connectivity index (χ2n) is 6.45. The van der Waals surface area contributed by atoms with Crippen molar-refractivity contribution in [2.24, 2.45) is 5.92 Å². The Balaban J connectivity index is 1.85. The molecule has 0 aliphatic heterocycles. The number of benzene rings is 1. The van der Waals surface area contributed by atoms with Gasteiger partial charge in [-0.15, -0.1) is 0 Å². The number of rotatable bonds is 1. The van der Waals surface area contributed by atoms with E-state index < -0.39 is 0 Å². The molecular formula is C17H20N2O. The maximum absolute atomic E-state index is 12.4. The van der Waals surface area contributed by atoms with E-state index in [2.05, 4.69) is 29.2 Å². The third kappa shape index (κ3) is 1.49. The van der Waals surface area contributed by atoms with Crippen molar-refractivity contribution in [2.75, 3.05) is 14.1 Å². The highest BCUT2D eigenvalue weighted by Crippen LogP contribution is 2.54. The molecule has 1 N–H and O–H groups in total. The standard InChI is InChI=1S/C17H20N2O/c1-19(2)17(20)13-9-10-7-8-11(13)16-15(10)12-5-3-4-6-14(12)18-16/h3-6,10-11,13,18H,7-9H2,1-2H3. The molecule has 0 saturated heterocycles. The van der Waals surface area contributed by atoms with Crippen LogP contribution in [0.15, 0.2) is 24.3 Å². The fourth-order valence-electron chi connectivity index (χ4n) is 4.30. The average molecular weight is 268 g/mol. The zero-order chi connectivity index (χ0) is 13.9. The predicted molar refractivity (Wildman–Crippen MR) is 79.8 cm³/mol. The van der Waals surface area contributed by atoms with Crippen LogP contribution in [0.25, 0.3) is 10.9 Å². The molecule has 1 aromatic heterocycles. The molecule has 3 atom stereocenters. The van der Waals surface area contributed by atoms with Crippen molar-refractivity contribution in [2.45, 2.75) is 31.1 Å². The topological polar surface area (TPSA) is 36.1 Å². The van der Waals surface area contributed by atoms with Crippen molar-refractivity contribution in [3.63, 3.8) is 0 Å². The number of hydrogen-bond donors (Lipinski definition) is 1. The molecule has 1 saturated carbocycles. The van der Waals surface area contributed by atoms with Gasteiger partial charge in [-0.3, -0.25) is 4.79 Å². The maximum atomic E-state index is 12.4. The van der Waals surface area contributed by atoms with Crippen LogP contribution in [0.3, 0.4) is 0 Å². The molecule has 1 amide bonds. The van der Waals surface area contributed by atoms with Crippen LogP contribution in [0.1, 0.15) is 42.4 Å². The van der Waals surface area contributed by atoms with Crippen molar-refractivity contribution in [3.8, 4) is 0 Å². The smallest absolute Gasteiger partial charge is 0.225 e. The van der Waals surface area contributed by atoms with Crippen molar-refractivity contribution >= 4 is 16.8 Å². The Labute approximate surface area is 119 Å². The molecule has 0 radical (unpaired) electrons. The fourth-order valence-corrected chi connectivity index (χ4v) is 4.30. The Morgan fingerprint density at radius 1 is 1.25 bits per heavy atom. The number of amides is 1. The van der Waals surface area contributed by atoms with Crippen molar-refractivity contribution in [1.82, 2.24) is 9.88 Å². The molecule has 5 rings (SSSR count). The first-order chi connectivity index (χ1) is 9.66. The van der Waals surface area contributed by atoms with Crippen LogP contribution in [-0.2, 0) is 4.79 Å². The fraction of sp³-hybridized carbons (Fsp3) is 0.471. The van der Waals surface area contributed by atoms with E-state index in [0.717, 1.165) is 12.8 Å². The van der Waals surface area contributed by atoms with Crippen LogP contribution in [0, 0.1) is 5.92 Å².